The summed E-state index contributed by atoms with van der Waals surface area (Å²) in [6, 6.07) is 8.06. The number of ether oxygens (including phenoxy) is 1. The van der Waals surface area contributed by atoms with E-state index in [1.807, 2.05) is 0 Å². The van der Waals surface area contributed by atoms with Crippen molar-refractivity contribution < 1.29 is 41.8 Å². The van der Waals surface area contributed by atoms with Crippen LogP contribution in [0.25, 0.3) is 21.5 Å². The van der Waals surface area contributed by atoms with Crippen molar-refractivity contribution in [3.05, 3.63) is 69.4 Å². The molecule has 41 heavy (non-hydrogen) atoms. The lowest BCUT2D eigenvalue weighted by atomic mass is 9.83. The molecule has 2 aliphatic rings. The standard InChI is InChI=1S/C29H26F4N2O5S/c30-25(31)17-2-1-3-18(26(32)33)22(17)23-19(24(40-35-23)14-4-5-14)13-39-16-8-10-29(38,11-9-16)28-34-20-7-6-15(27(36)37)12-21(20)41-28/h1-3,6-7,12,14,16,25-26,38H,4-5,8-11,13H2,(H,36,37)/t16-,29+. The highest BCUT2D eigenvalue weighted by atomic mass is 32.1. The van der Waals surface area contributed by atoms with E-state index in [0.717, 1.165) is 25.0 Å². The van der Waals surface area contributed by atoms with Crippen molar-refractivity contribution in [3.63, 3.8) is 0 Å². The van der Waals surface area contributed by atoms with E-state index in [4.69, 9.17) is 9.26 Å². The van der Waals surface area contributed by atoms with E-state index in [0.29, 0.717) is 52.2 Å². The minimum absolute atomic E-state index is 0.0411. The van der Waals surface area contributed by atoms with Crippen LogP contribution in [0.1, 0.15) is 95.1 Å². The fraction of sp³-hybridized carbons (Fsp3) is 0.414. The number of aromatic nitrogens is 2. The van der Waals surface area contributed by atoms with E-state index in [-0.39, 0.29) is 35.4 Å². The number of hydrogen-bond donors (Lipinski definition) is 2. The first-order chi connectivity index (χ1) is 19.6. The number of benzene rings is 2. The van der Waals surface area contributed by atoms with Crippen LogP contribution in [0, 0.1) is 0 Å². The maximum atomic E-state index is 13.9. The first-order valence-corrected chi connectivity index (χ1v) is 14.1. The molecule has 7 nitrogen and oxygen atoms in total. The molecule has 0 saturated heterocycles. The second kappa shape index (κ2) is 10.8. The van der Waals surface area contributed by atoms with Gasteiger partial charge in [0.2, 0.25) is 0 Å². The number of carboxylic acid groups (broad SMARTS) is 1. The fourth-order valence-corrected chi connectivity index (χ4v) is 6.61. The molecule has 0 bridgehead atoms. The highest BCUT2D eigenvalue weighted by Gasteiger charge is 2.39. The Morgan fingerprint density at radius 1 is 1.07 bits per heavy atom. The molecule has 12 heteroatoms. The lowest BCUT2D eigenvalue weighted by molar-refractivity contribution is -0.0640. The number of rotatable bonds is 9. The van der Waals surface area contributed by atoms with Crippen molar-refractivity contribution in [2.45, 2.75) is 75.6 Å². The van der Waals surface area contributed by atoms with E-state index in [2.05, 4.69) is 10.1 Å². The summed E-state index contributed by atoms with van der Waals surface area (Å²) < 4.78 is 67.9. The van der Waals surface area contributed by atoms with Crippen molar-refractivity contribution >= 4 is 27.5 Å². The van der Waals surface area contributed by atoms with Gasteiger partial charge in [0.25, 0.3) is 12.9 Å². The Bertz CT molecular complexity index is 1570. The Kier molecular flexibility index (Phi) is 7.33. The normalized spacial score (nSPS) is 21.3. The molecule has 0 amide bonds. The summed E-state index contributed by atoms with van der Waals surface area (Å²) in [5.41, 5.74) is -1.45. The van der Waals surface area contributed by atoms with Gasteiger partial charge in [-0.15, -0.1) is 11.3 Å². The van der Waals surface area contributed by atoms with Gasteiger partial charge in [0.15, 0.2) is 0 Å². The lowest BCUT2D eigenvalue weighted by Crippen LogP contribution is -2.34. The first kappa shape index (κ1) is 27.8. The molecule has 4 aromatic rings. The van der Waals surface area contributed by atoms with Crippen LogP contribution in [0.15, 0.2) is 40.9 Å². The molecule has 2 aliphatic carbocycles. The van der Waals surface area contributed by atoms with E-state index in [1.54, 1.807) is 6.07 Å². The molecule has 2 heterocycles. The van der Waals surface area contributed by atoms with Crippen molar-refractivity contribution in [3.8, 4) is 11.3 Å². The highest BCUT2D eigenvalue weighted by molar-refractivity contribution is 7.18. The summed E-state index contributed by atoms with van der Waals surface area (Å²) in [7, 11) is 0. The second-order valence-corrected chi connectivity index (χ2v) is 11.6. The average molecular weight is 591 g/mol. The topological polar surface area (TPSA) is 106 Å². The van der Waals surface area contributed by atoms with Gasteiger partial charge in [0.05, 0.1) is 28.5 Å². The van der Waals surface area contributed by atoms with E-state index in [9.17, 15) is 32.6 Å². The minimum Gasteiger partial charge on any atom is -0.478 e. The van der Waals surface area contributed by atoms with E-state index >= 15 is 0 Å². The number of thiazole rings is 1. The molecule has 2 aromatic carbocycles. The van der Waals surface area contributed by atoms with Crippen LogP contribution in [0.5, 0.6) is 0 Å². The third-order valence-corrected chi connectivity index (χ3v) is 9.07. The number of aliphatic hydroxyl groups is 1. The number of hydrogen-bond acceptors (Lipinski definition) is 7. The average Bonchev–Trinajstić information content (AvgIpc) is 3.55. The van der Waals surface area contributed by atoms with Crippen LogP contribution in [-0.4, -0.2) is 32.4 Å². The number of carbonyl (C=O) groups is 1. The molecule has 216 valence electrons. The summed E-state index contributed by atoms with van der Waals surface area (Å²) in [6.07, 6.45) is -2.94. The lowest BCUT2D eigenvalue weighted by Gasteiger charge is -2.34. The number of carboxylic acids is 1. The molecular weight excluding hydrogens is 564 g/mol. The SMILES string of the molecule is O=C(O)c1ccc2nc([C@]3(O)CC[C@@H](OCc4c(-c5c(C(F)F)cccc5C(F)F)noc4C4CC4)CC3)sc2c1. The van der Waals surface area contributed by atoms with Gasteiger partial charge in [0, 0.05) is 28.2 Å². The van der Waals surface area contributed by atoms with Crippen LogP contribution < -0.4 is 0 Å². The molecule has 0 unspecified atom stereocenters. The molecule has 2 fully saturated rings. The molecule has 2 N–H and O–H groups in total. The van der Waals surface area contributed by atoms with Crippen molar-refractivity contribution in [1.82, 2.24) is 10.1 Å². The van der Waals surface area contributed by atoms with E-state index < -0.39 is 35.5 Å². The number of alkyl halides is 4. The Morgan fingerprint density at radius 2 is 1.76 bits per heavy atom. The Morgan fingerprint density at radius 3 is 2.37 bits per heavy atom. The number of aromatic carboxylic acids is 1. The van der Waals surface area contributed by atoms with Crippen LogP contribution in [0.2, 0.25) is 0 Å². The van der Waals surface area contributed by atoms with Crippen molar-refractivity contribution in [2.24, 2.45) is 0 Å². The van der Waals surface area contributed by atoms with Crippen LogP contribution in [0.4, 0.5) is 17.6 Å². The van der Waals surface area contributed by atoms with Crippen molar-refractivity contribution in [1.29, 1.82) is 0 Å². The Balaban J connectivity index is 1.21. The molecule has 6 rings (SSSR count). The predicted molar refractivity (Wildman–Crippen MR) is 141 cm³/mol. The quantitative estimate of drug-likeness (QED) is 0.192. The third kappa shape index (κ3) is 5.35. The van der Waals surface area contributed by atoms with Gasteiger partial charge in [-0.1, -0.05) is 23.4 Å². The summed E-state index contributed by atoms with van der Waals surface area (Å²) in [6.45, 7) is -0.0485. The van der Waals surface area contributed by atoms with E-state index in [1.165, 1.54) is 29.5 Å². The molecule has 2 aromatic heterocycles. The number of nitrogens with zero attached hydrogens (tertiary/aromatic N) is 2. The molecule has 2 saturated carbocycles. The van der Waals surface area contributed by atoms with Crippen LogP contribution in [0.3, 0.4) is 0 Å². The monoisotopic (exact) mass is 590 g/mol. The summed E-state index contributed by atoms with van der Waals surface area (Å²) in [4.78, 5) is 15.8. The minimum atomic E-state index is -2.98. The highest BCUT2D eigenvalue weighted by Crippen LogP contribution is 2.47. The fourth-order valence-electron chi connectivity index (χ4n) is 5.46. The molecule has 0 radical (unpaired) electrons. The summed E-state index contributed by atoms with van der Waals surface area (Å²) in [5.74, 6) is -0.519. The van der Waals surface area contributed by atoms with Crippen LogP contribution >= 0.6 is 11.3 Å². The predicted octanol–water partition coefficient (Wildman–Crippen LogP) is 7.75. The second-order valence-electron chi connectivity index (χ2n) is 10.6. The third-order valence-electron chi connectivity index (χ3n) is 7.86. The van der Waals surface area contributed by atoms with Gasteiger partial charge < -0.3 is 19.5 Å². The molecule has 0 spiro atoms. The van der Waals surface area contributed by atoms with Gasteiger partial charge in [-0.25, -0.2) is 27.3 Å². The van der Waals surface area contributed by atoms with Gasteiger partial charge >= 0.3 is 5.97 Å². The van der Waals surface area contributed by atoms with Gasteiger partial charge in [-0.05, 0) is 56.7 Å². The maximum absolute atomic E-state index is 13.9. The molecule has 0 atom stereocenters. The van der Waals surface area contributed by atoms with Crippen molar-refractivity contribution in [2.75, 3.05) is 0 Å². The summed E-state index contributed by atoms with van der Waals surface area (Å²) in [5, 5.41) is 25.1. The molecular formula is C29H26F4N2O5S. The van der Waals surface area contributed by atoms with Crippen LogP contribution in [-0.2, 0) is 16.9 Å². The first-order valence-electron chi connectivity index (χ1n) is 13.3. The Hall–Kier alpha value is -3.35. The van der Waals surface area contributed by atoms with Gasteiger partial charge in [0.1, 0.15) is 22.1 Å². The number of halogens is 4. The molecule has 0 aliphatic heterocycles. The van der Waals surface area contributed by atoms with Gasteiger partial charge in [-0.3, -0.25) is 0 Å². The summed E-state index contributed by atoms with van der Waals surface area (Å²) >= 11 is 1.26. The zero-order valence-corrected chi connectivity index (χ0v) is 22.5. The Labute approximate surface area is 235 Å². The zero-order chi connectivity index (χ0) is 28.9. The van der Waals surface area contributed by atoms with Gasteiger partial charge in [-0.2, -0.15) is 0 Å². The number of fused-ring (bicyclic) bond motifs is 1. The zero-order valence-electron chi connectivity index (χ0n) is 21.7. The maximum Gasteiger partial charge on any atom is 0.335 e. The largest absolute Gasteiger partial charge is 0.478 e. The smallest absolute Gasteiger partial charge is 0.335 e.